The number of aryl methyl sites for hydroxylation is 1. The van der Waals surface area contributed by atoms with Crippen LogP contribution in [-0.4, -0.2) is 60.3 Å². The monoisotopic (exact) mass is 504 g/mol. The Hall–Kier alpha value is -2.18. The van der Waals surface area contributed by atoms with Crippen LogP contribution in [0.25, 0.3) is 0 Å². The van der Waals surface area contributed by atoms with Crippen LogP contribution in [0.3, 0.4) is 0 Å². The summed E-state index contributed by atoms with van der Waals surface area (Å²) in [6.45, 7) is 6.44. The van der Waals surface area contributed by atoms with Crippen LogP contribution in [0.1, 0.15) is 48.3 Å². The molecular weight excluding hydrogens is 464 g/mol. The van der Waals surface area contributed by atoms with Crippen molar-refractivity contribution in [1.82, 2.24) is 9.80 Å². The Balaban J connectivity index is 1.13. The Kier molecular flexibility index (Phi) is 8.43. The number of aliphatic hydroxyl groups is 1. The van der Waals surface area contributed by atoms with Crippen molar-refractivity contribution >= 4 is 11.3 Å². The molecule has 3 heterocycles. The first kappa shape index (κ1) is 25.5. The fourth-order valence-electron chi connectivity index (χ4n) is 6.23. The molecule has 3 aromatic rings. The third-order valence-electron chi connectivity index (χ3n) is 8.30. The fourth-order valence-corrected chi connectivity index (χ4v) is 6.96. The largest absolute Gasteiger partial charge is 0.496 e. The van der Waals surface area contributed by atoms with Crippen LogP contribution in [0.4, 0.5) is 0 Å². The molecule has 0 radical (unpaired) electrons. The van der Waals surface area contributed by atoms with Crippen LogP contribution in [0, 0.1) is 5.92 Å². The molecule has 192 valence electrons. The molecule has 2 unspecified atom stereocenters. The summed E-state index contributed by atoms with van der Waals surface area (Å²) in [5.74, 6) is 2.19. The molecule has 0 amide bonds. The first-order valence-electron chi connectivity index (χ1n) is 13.5. The van der Waals surface area contributed by atoms with Gasteiger partial charge < -0.3 is 14.7 Å². The summed E-state index contributed by atoms with van der Waals surface area (Å²) < 4.78 is 5.49. The molecule has 2 aliphatic heterocycles. The Morgan fingerprint density at radius 1 is 0.972 bits per heavy atom. The highest BCUT2D eigenvalue weighted by molar-refractivity contribution is 7.08. The van der Waals surface area contributed by atoms with E-state index in [2.05, 4.69) is 69.1 Å². The molecule has 0 spiro atoms. The molecule has 0 bridgehead atoms. The summed E-state index contributed by atoms with van der Waals surface area (Å²) in [6, 6.07) is 21.4. The first-order chi connectivity index (χ1) is 17.6. The normalized spacial score (nSPS) is 22.6. The van der Waals surface area contributed by atoms with Gasteiger partial charge in [0.25, 0.3) is 0 Å². The minimum absolute atomic E-state index is 0.527. The van der Waals surface area contributed by atoms with E-state index in [1.54, 1.807) is 7.11 Å². The van der Waals surface area contributed by atoms with Crippen molar-refractivity contribution in [2.75, 3.05) is 39.8 Å². The second-order valence-electron chi connectivity index (χ2n) is 10.8. The van der Waals surface area contributed by atoms with E-state index in [1.165, 1.54) is 16.7 Å². The van der Waals surface area contributed by atoms with E-state index in [9.17, 15) is 5.11 Å². The highest BCUT2D eigenvalue weighted by Crippen LogP contribution is 2.36. The summed E-state index contributed by atoms with van der Waals surface area (Å²) in [7, 11) is 1.73. The van der Waals surface area contributed by atoms with Crippen LogP contribution < -0.4 is 4.74 Å². The van der Waals surface area contributed by atoms with Crippen molar-refractivity contribution in [3.05, 3.63) is 88.1 Å². The minimum Gasteiger partial charge on any atom is -0.496 e. The highest BCUT2D eigenvalue weighted by Gasteiger charge is 2.37. The lowest BCUT2D eigenvalue weighted by molar-refractivity contribution is -0.0316. The number of methoxy groups -OCH3 is 1. The van der Waals surface area contributed by atoms with Crippen molar-refractivity contribution in [1.29, 1.82) is 0 Å². The van der Waals surface area contributed by atoms with E-state index in [4.69, 9.17) is 4.74 Å². The van der Waals surface area contributed by atoms with Crippen molar-refractivity contribution in [2.45, 2.75) is 50.2 Å². The number of thiophene rings is 1. The van der Waals surface area contributed by atoms with E-state index in [-0.39, 0.29) is 0 Å². The van der Waals surface area contributed by atoms with Gasteiger partial charge in [-0.25, -0.2) is 0 Å². The molecule has 5 rings (SSSR count). The van der Waals surface area contributed by atoms with Gasteiger partial charge in [-0.3, -0.25) is 4.90 Å². The topological polar surface area (TPSA) is 35.9 Å². The van der Waals surface area contributed by atoms with Crippen LogP contribution in [0.15, 0.2) is 71.4 Å². The molecule has 2 atom stereocenters. The third-order valence-corrected chi connectivity index (χ3v) is 9.00. The van der Waals surface area contributed by atoms with E-state index < -0.39 is 5.60 Å². The molecule has 0 saturated carbocycles. The van der Waals surface area contributed by atoms with E-state index in [0.717, 1.165) is 77.1 Å². The number of hydrogen-bond donors (Lipinski definition) is 1. The summed E-state index contributed by atoms with van der Waals surface area (Å²) in [6.07, 6.45) is 4.57. The average Bonchev–Trinajstić information content (AvgIpc) is 3.57. The number of ether oxygens (including phenoxy) is 1. The lowest BCUT2D eigenvalue weighted by atomic mass is 9.84. The van der Waals surface area contributed by atoms with Crippen molar-refractivity contribution in [3.63, 3.8) is 0 Å². The van der Waals surface area contributed by atoms with Gasteiger partial charge in [-0.2, -0.15) is 11.3 Å². The third kappa shape index (κ3) is 6.38. The van der Waals surface area contributed by atoms with Crippen LogP contribution >= 0.6 is 11.3 Å². The second-order valence-corrected chi connectivity index (χ2v) is 11.6. The number of piperidine rings is 1. The summed E-state index contributed by atoms with van der Waals surface area (Å²) in [4.78, 5) is 5.26. The number of hydrogen-bond acceptors (Lipinski definition) is 5. The SMILES string of the molecule is COc1ccccc1CCCC1(O)CCN(CC2CN(Cc3ccccc3)CC2c2ccsc2)CC1. The van der Waals surface area contributed by atoms with Gasteiger partial charge in [0.15, 0.2) is 0 Å². The predicted molar refractivity (Wildman–Crippen MR) is 149 cm³/mol. The van der Waals surface area contributed by atoms with Gasteiger partial charge in [-0.05, 0) is 77.6 Å². The number of benzene rings is 2. The molecule has 5 heteroatoms. The molecule has 1 N–H and O–H groups in total. The smallest absolute Gasteiger partial charge is 0.122 e. The van der Waals surface area contributed by atoms with Gasteiger partial charge in [-0.15, -0.1) is 0 Å². The number of likely N-dealkylation sites (tertiary alicyclic amines) is 2. The zero-order valence-electron chi connectivity index (χ0n) is 21.5. The molecule has 1 aromatic heterocycles. The van der Waals surface area contributed by atoms with Gasteiger partial charge >= 0.3 is 0 Å². The van der Waals surface area contributed by atoms with E-state index in [1.807, 2.05) is 23.5 Å². The van der Waals surface area contributed by atoms with Crippen molar-refractivity contribution < 1.29 is 9.84 Å². The zero-order chi connectivity index (χ0) is 24.8. The Morgan fingerprint density at radius 3 is 2.50 bits per heavy atom. The van der Waals surface area contributed by atoms with E-state index in [0.29, 0.717) is 11.8 Å². The standard InChI is InChI=1S/C31H40N2O2S/c1-35-30-12-6-5-10-26(30)11-7-14-31(34)15-17-32(18-16-31)21-28-22-33(20-25-8-3-2-4-9-25)23-29(28)27-13-19-36-24-27/h2-6,8-10,12-13,19,24,28-29,34H,7,11,14-18,20-23H2,1H3. The van der Waals surface area contributed by atoms with Crippen molar-refractivity contribution in [2.24, 2.45) is 5.92 Å². The molecule has 4 nitrogen and oxygen atoms in total. The maximum Gasteiger partial charge on any atom is 0.122 e. The van der Waals surface area contributed by atoms with Gasteiger partial charge in [-0.1, -0.05) is 48.5 Å². The van der Waals surface area contributed by atoms with Crippen LogP contribution in [-0.2, 0) is 13.0 Å². The lowest BCUT2D eigenvalue weighted by Crippen LogP contribution is -2.46. The Morgan fingerprint density at radius 2 is 1.75 bits per heavy atom. The number of rotatable bonds is 10. The fraction of sp³-hybridized carbons (Fsp3) is 0.484. The van der Waals surface area contributed by atoms with Gasteiger partial charge in [0.1, 0.15) is 5.75 Å². The Bertz CT molecular complexity index is 1060. The molecular formula is C31H40N2O2S. The molecule has 36 heavy (non-hydrogen) atoms. The summed E-state index contributed by atoms with van der Waals surface area (Å²) in [5, 5.41) is 15.9. The highest BCUT2D eigenvalue weighted by atomic mass is 32.1. The second kappa shape index (κ2) is 11.9. The summed E-state index contributed by atoms with van der Waals surface area (Å²) in [5.41, 5.74) is 3.62. The van der Waals surface area contributed by atoms with Gasteiger partial charge in [0.05, 0.1) is 12.7 Å². The van der Waals surface area contributed by atoms with Crippen LogP contribution in [0.5, 0.6) is 5.75 Å². The molecule has 2 aromatic carbocycles. The average molecular weight is 505 g/mol. The molecule has 2 saturated heterocycles. The predicted octanol–water partition coefficient (Wildman–Crippen LogP) is 5.82. The van der Waals surface area contributed by atoms with Crippen molar-refractivity contribution in [3.8, 4) is 5.75 Å². The zero-order valence-corrected chi connectivity index (χ0v) is 22.3. The number of nitrogens with zero attached hydrogens (tertiary/aromatic N) is 2. The quantitative estimate of drug-likeness (QED) is 0.377. The maximum atomic E-state index is 11.3. The van der Waals surface area contributed by atoms with Gasteiger partial charge in [0.2, 0.25) is 0 Å². The van der Waals surface area contributed by atoms with Gasteiger partial charge in [0, 0.05) is 45.2 Å². The number of para-hydroxylation sites is 1. The molecule has 2 fully saturated rings. The molecule has 2 aliphatic rings. The van der Waals surface area contributed by atoms with Crippen LogP contribution in [0.2, 0.25) is 0 Å². The summed E-state index contributed by atoms with van der Waals surface area (Å²) >= 11 is 1.81. The first-order valence-corrected chi connectivity index (χ1v) is 14.4. The maximum absolute atomic E-state index is 11.3. The lowest BCUT2D eigenvalue weighted by Gasteiger charge is -2.39. The Labute approximate surface area is 220 Å². The minimum atomic E-state index is -0.527. The van der Waals surface area contributed by atoms with E-state index >= 15 is 0 Å². The molecule has 0 aliphatic carbocycles.